The van der Waals surface area contributed by atoms with Crippen LogP contribution in [0.2, 0.25) is 0 Å². The van der Waals surface area contributed by atoms with Crippen LogP contribution in [-0.4, -0.2) is 30.2 Å². The Bertz CT molecular complexity index is 1070. The molecule has 0 saturated heterocycles. The molecule has 0 heterocycles. The Morgan fingerprint density at radius 3 is 1.74 bits per heavy atom. The summed E-state index contributed by atoms with van der Waals surface area (Å²) in [5, 5.41) is 0. The van der Waals surface area contributed by atoms with E-state index in [-0.39, 0.29) is 46.3 Å². The second-order valence-corrected chi connectivity index (χ2v) is 10.1. The quantitative estimate of drug-likeness (QED) is 0.285. The molecule has 0 saturated carbocycles. The zero-order valence-electron chi connectivity index (χ0n) is 21.6. The van der Waals surface area contributed by atoms with E-state index in [4.69, 9.17) is 4.74 Å². The average molecular weight is 485 g/mol. The first kappa shape index (κ1) is 30.2. The van der Waals surface area contributed by atoms with Gasteiger partial charge in [0.15, 0.2) is 0 Å². The Kier molecular flexibility index (Phi) is 11.3. The number of methoxy groups -OCH3 is 1. The number of hydrogen-bond acceptors (Lipinski definition) is 1. The SMILES string of the molecule is COc1cc2c(cc1/C(C)=C/c1ccccc1)C(C)(C)CCC2(C)C.[CH2-]c1ccccc1.[Cl-].[Mg+2]. The van der Waals surface area contributed by atoms with Gasteiger partial charge in [0, 0.05) is 5.56 Å². The van der Waals surface area contributed by atoms with Crippen LogP contribution < -0.4 is 17.1 Å². The van der Waals surface area contributed by atoms with E-state index in [0.29, 0.717) is 0 Å². The summed E-state index contributed by atoms with van der Waals surface area (Å²) >= 11 is 0. The second-order valence-electron chi connectivity index (χ2n) is 10.1. The molecule has 4 rings (SSSR count). The molecular weight excluding hydrogens is 448 g/mol. The zero-order chi connectivity index (χ0) is 23.4. The van der Waals surface area contributed by atoms with Gasteiger partial charge in [-0.3, -0.25) is 0 Å². The molecule has 34 heavy (non-hydrogen) atoms. The Labute approximate surface area is 229 Å². The maximum atomic E-state index is 5.79. The third-order valence-corrected chi connectivity index (χ3v) is 6.62. The van der Waals surface area contributed by atoms with Gasteiger partial charge in [-0.1, -0.05) is 70.2 Å². The minimum atomic E-state index is 0. The number of fused-ring (bicyclic) bond motifs is 1. The molecule has 0 aromatic heterocycles. The summed E-state index contributed by atoms with van der Waals surface area (Å²) in [6.45, 7) is 15.3. The van der Waals surface area contributed by atoms with Crippen LogP contribution in [0, 0.1) is 6.92 Å². The largest absolute Gasteiger partial charge is 2.00 e. The van der Waals surface area contributed by atoms with Gasteiger partial charge in [0.05, 0.1) is 7.11 Å². The van der Waals surface area contributed by atoms with Crippen LogP contribution in [0.5, 0.6) is 5.75 Å². The number of hydrogen-bond donors (Lipinski definition) is 0. The fourth-order valence-corrected chi connectivity index (χ4v) is 4.43. The third-order valence-electron chi connectivity index (χ3n) is 6.62. The van der Waals surface area contributed by atoms with Gasteiger partial charge in [-0.25, -0.2) is 0 Å². The Morgan fingerprint density at radius 2 is 1.29 bits per heavy atom. The molecule has 3 heteroatoms. The van der Waals surface area contributed by atoms with Crippen molar-refractivity contribution >= 4 is 34.7 Å². The fourth-order valence-electron chi connectivity index (χ4n) is 4.43. The Balaban J connectivity index is 0.000000554. The topological polar surface area (TPSA) is 9.23 Å². The standard InChI is InChI=1S/C24H30O.C7H7.ClH.Mg/c1-17(14-18-10-8-7-9-11-18)19-15-20-21(16-22(19)25-6)24(4,5)13-12-23(20,2)3;1-7-5-3-2-4-6-7;;/h7-11,14-16H,12-13H2,1-6H3;2-6H,1H2;1H;/q;-1;;+2/p-1/b17-14+;;;. The van der Waals surface area contributed by atoms with Gasteiger partial charge in [0.25, 0.3) is 0 Å². The number of rotatable bonds is 3. The summed E-state index contributed by atoms with van der Waals surface area (Å²) in [7, 11) is 1.78. The number of ether oxygens (including phenoxy) is 1. The van der Waals surface area contributed by atoms with Crippen molar-refractivity contribution < 1.29 is 17.1 Å². The van der Waals surface area contributed by atoms with E-state index in [2.05, 4.69) is 90.1 Å². The van der Waals surface area contributed by atoms with Crippen LogP contribution in [0.15, 0.2) is 72.8 Å². The van der Waals surface area contributed by atoms with Crippen LogP contribution in [0.4, 0.5) is 0 Å². The van der Waals surface area contributed by atoms with Crippen molar-refractivity contribution in [2.24, 2.45) is 0 Å². The fraction of sp³-hybridized carbons (Fsp3) is 0.323. The van der Waals surface area contributed by atoms with Crippen LogP contribution in [0.3, 0.4) is 0 Å². The number of benzene rings is 3. The van der Waals surface area contributed by atoms with E-state index in [9.17, 15) is 0 Å². The molecule has 1 nitrogen and oxygen atoms in total. The van der Waals surface area contributed by atoms with E-state index in [1.807, 2.05) is 30.3 Å². The van der Waals surface area contributed by atoms with Gasteiger partial charge < -0.3 is 17.1 Å². The molecule has 0 amide bonds. The van der Waals surface area contributed by atoms with Gasteiger partial charge >= 0.3 is 23.1 Å². The maximum Gasteiger partial charge on any atom is 2.00 e. The third kappa shape index (κ3) is 7.31. The molecule has 0 bridgehead atoms. The summed E-state index contributed by atoms with van der Waals surface area (Å²) in [5.74, 6) is 0.981. The van der Waals surface area contributed by atoms with Gasteiger partial charge in [-0.2, -0.15) is 24.6 Å². The predicted octanol–water partition coefficient (Wildman–Crippen LogP) is 5.10. The van der Waals surface area contributed by atoms with Gasteiger partial charge in [-0.05, 0) is 65.0 Å². The van der Waals surface area contributed by atoms with Gasteiger partial charge in [0.1, 0.15) is 5.75 Å². The molecule has 3 aromatic carbocycles. The summed E-state index contributed by atoms with van der Waals surface area (Å²) < 4.78 is 5.79. The molecule has 0 fully saturated rings. The normalized spacial score (nSPS) is 15.4. The van der Waals surface area contributed by atoms with Gasteiger partial charge in [-0.15, -0.1) is 12.1 Å². The van der Waals surface area contributed by atoms with Crippen molar-refractivity contribution in [3.8, 4) is 5.75 Å². The molecule has 3 aromatic rings. The average Bonchev–Trinajstić information content (AvgIpc) is 2.78. The van der Waals surface area contributed by atoms with Crippen molar-refractivity contribution in [3.63, 3.8) is 0 Å². The maximum absolute atomic E-state index is 5.79. The van der Waals surface area contributed by atoms with Crippen LogP contribution in [0.25, 0.3) is 11.6 Å². The van der Waals surface area contributed by atoms with E-state index in [1.54, 1.807) is 7.11 Å². The van der Waals surface area contributed by atoms with Gasteiger partial charge in [0.2, 0.25) is 0 Å². The predicted molar refractivity (Wildman–Crippen MR) is 145 cm³/mol. The Hall–Kier alpha value is -1.87. The Morgan fingerprint density at radius 1 is 0.824 bits per heavy atom. The smallest absolute Gasteiger partial charge is 1.00 e. The zero-order valence-corrected chi connectivity index (χ0v) is 23.8. The summed E-state index contributed by atoms with van der Waals surface area (Å²) in [4.78, 5) is 0. The summed E-state index contributed by atoms with van der Waals surface area (Å²) in [6, 6.07) is 25.0. The van der Waals surface area contributed by atoms with Crippen LogP contribution in [-0.2, 0) is 10.8 Å². The molecule has 0 radical (unpaired) electrons. The first-order chi connectivity index (χ1) is 15.1. The first-order valence-corrected chi connectivity index (χ1v) is 11.5. The summed E-state index contributed by atoms with van der Waals surface area (Å²) in [6.07, 6.45) is 4.68. The molecule has 0 unspecified atom stereocenters. The molecule has 176 valence electrons. The van der Waals surface area contributed by atoms with Crippen molar-refractivity contribution in [1.29, 1.82) is 0 Å². The van der Waals surface area contributed by atoms with Crippen molar-refractivity contribution in [2.45, 2.75) is 58.3 Å². The van der Waals surface area contributed by atoms with E-state index in [0.717, 1.165) is 11.3 Å². The van der Waals surface area contributed by atoms with Crippen molar-refractivity contribution in [2.75, 3.05) is 7.11 Å². The minimum Gasteiger partial charge on any atom is -1.00 e. The van der Waals surface area contributed by atoms with E-state index >= 15 is 0 Å². The minimum absolute atomic E-state index is 0. The van der Waals surface area contributed by atoms with E-state index in [1.165, 1.54) is 40.7 Å². The van der Waals surface area contributed by atoms with Crippen LogP contribution in [0.1, 0.15) is 75.3 Å². The molecule has 0 aliphatic heterocycles. The monoisotopic (exact) mass is 484 g/mol. The van der Waals surface area contributed by atoms with Crippen LogP contribution >= 0.6 is 0 Å². The van der Waals surface area contributed by atoms with Crippen molar-refractivity contribution in [1.82, 2.24) is 0 Å². The number of allylic oxidation sites excluding steroid dienone is 1. The summed E-state index contributed by atoms with van der Waals surface area (Å²) in [5.41, 5.74) is 8.06. The molecule has 0 N–H and O–H groups in total. The molecular formula is C31H37ClMgO. The second kappa shape index (κ2) is 12.7. The molecule has 0 atom stereocenters. The molecule has 0 spiro atoms. The van der Waals surface area contributed by atoms with Crippen molar-refractivity contribution in [3.05, 3.63) is 108 Å². The van der Waals surface area contributed by atoms with E-state index < -0.39 is 0 Å². The molecule has 1 aliphatic rings. The number of halogens is 1. The first-order valence-electron chi connectivity index (χ1n) is 11.5. The molecule has 1 aliphatic carbocycles.